The maximum atomic E-state index is 15.5. The van der Waals surface area contributed by atoms with Crippen LogP contribution < -0.4 is 9.64 Å². The van der Waals surface area contributed by atoms with Gasteiger partial charge in [0.15, 0.2) is 0 Å². The molecule has 12 heteroatoms. The van der Waals surface area contributed by atoms with E-state index in [0.29, 0.717) is 59.3 Å². The first-order valence-corrected chi connectivity index (χ1v) is 20.5. The van der Waals surface area contributed by atoms with Gasteiger partial charge in [-0.3, -0.25) is 14.5 Å². The van der Waals surface area contributed by atoms with Gasteiger partial charge in [-0.15, -0.1) is 0 Å². The molecule has 0 radical (unpaired) electrons. The monoisotopic (exact) mass is 828 g/mol. The van der Waals surface area contributed by atoms with Gasteiger partial charge >= 0.3 is 5.97 Å². The maximum Gasteiger partial charge on any atom is 0.352 e. The van der Waals surface area contributed by atoms with E-state index in [0.717, 1.165) is 71.8 Å². The largest absolute Gasteiger partial charge is 0.494 e. The van der Waals surface area contributed by atoms with Gasteiger partial charge in [0.05, 0.1) is 52.0 Å². The summed E-state index contributed by atoms with van der Waals surface area (Å²) in [5.74, 6) is -0.495. The number of nitrogens with zero attached hydrogens (tertiary/aromatic N) is 6. The fourth-order valence-corrected chi connectivity index (χ4v) is 9.24. The second kappa shape index (κ2) is 15.4. The van der Waals surface area contributed by atoms with Gasteiger partial charge in [0.2, 0.25) is 0 Å². The molecule has 3 aromatic carbocycles. The van der Waals surface area contributed by atoms with Crippen LogP contribution in [0.1, 0.15) is 85.4 Å². The Morgan fingerprint density at radius 2 is 1.75 bits per heavy atom. The first-order chi connectivity index (χ1) is 28.2. The summed E-state index contributed by atoms with van der Waals surface area (Å²) in [6, 6.07) is 18.9. The summed E-state index contributed by atoms with van der Waals surface area (Å²) in [4.78, 5) is 34.8. The highest BCUT2D eigenvalue weighted by molar-refractivity contribution is 6.35. The van der Waals surface area contributed by atoms with Gasteiger partial charge < -0.3 is 23.9 Å². The molecule has 7 aromatic rings. The van der Waals surface area contributed by atoms with Crippen molar-refractivity contribution in [2.24, 2.45) is 7.05 Å². The SMILES string of the molecule is C=Cc1cccc(Cn2c(C(=O)O)cc3cc(C)cc(N4CC(C)n5c(c(CCCOc6cc(C)c(Cl)c(C)c6)c6ccc(Cl)c(-c7c(C)nn(C)c7C)c65)C4=O)c32)n1. The second-order valence-electron chi connectivity index (χ2n) is 15.7. The van der Waals surface area contributed by atoms with Crippen LogP contribution in [0.4, 0.5) is 5.69 Å². The zero-order valence-corrected chi connectivity index (χ0v) is 35.8. The van der Waals surface area contributed by atoms with Crippen molar-refractivity contribution in [2.75, 3.05) is 18.1 Å². The summed E-state index contributed by atoms with van der Waals surface area (Å²) in [5, 5.41) is 18.2. The molecule has 1 aliphatic rings. The van der Waals surface area contributed by atoms with E-state index in [1.807, 2.05) is 106 Å². The minimum Gasteiger partial charge on any atom is -0.494 e. The van der Waals surface area contributed by atoms with E-state index in [9.17, 15) is 9.90 Å². The average molecular weight is 830 g/mol. The summed E-state index contributed by atoms with van der Waals surface area (Å²) in [7, 11) is 1.92. The van der Waals surface area contributed by atoms with E-state index in [-0.39, 0.29) is 24.2 Å². The third-order valence-corrected chi connectivity index (χ3v) is 12.5. The molecule has 1 N–H and O–H groups in total. The zero-order chi connectivity index (χ0) is 42.0. The van der Waals surface area contributed by atoms with Crippen molar-refractivity contribution in [3.63, 3.8) is 0 Å². The number of carboxylic acid groups (broad SMARTS) is 1. The molecule has 0 saturated heterocycles. The predicted molar refractivity (Wildman–Crippen MR) is 237 cm³/mol. The van der Waals surface area contributed by atoms with Gasteiger partial charge in [-0.05, 0) is 131 Å². The number of anilines is 1. The van der Waals surface area contributed by atoms with E-state index in [4.69, 9.17) is 38.0 Å². The predicted octanol–water partition coefficient (Wildman–Crippen LogP) is 10.9. The Balaban J connectivity index is 1.30. The van der Waals surface area contributed by atoms with Gasteiger partial charge in [-0.2, -0.15) is 5.10 Å². The van der Waals surface area contributed by atoms with Crippen molar-refractivity contribution in [1.82, 2.24) is 23.9 Å². The number of ether oxygens (including phenoxy) is 1. The van der Waals surface area contributed by atoms with Crippen molar-refractivity contribution in [3.05, 3.63) is 134 Å². The Morgan fingerprint density at radius 3 is 2.42 bits per heavy atom. The summed E-state index contributed by atoms with van der Waals surface area (Å²) >= 11 is 13.6. The molecular weight excluding hydrogens is 783 g/mol. The third kappa shape index (κ3) is 6.88. The summed E-state index contributed by atoms with van der Waals surface area (Å²) in [5.41, 5.74) is 11.6. The number of pyridine rings is 1. The topological polar surface area (TPSA) is 107 Å². The smallest absolute Gasteiger partial charge is 0.352 e. The Bertz CT molecular complexity index is 2860. The van der Waals surface area contributed by atoms with E-state index >= 15 is 4.79 Å². The van der Waals surface area contributed by atoms with E-state index in [1.165, 1.54) is 0 Å². The van der Waals surface area contributed by atoms with Crippen LogP contribution in [0.15, 0.2) is 67.2 Å². The molecule has 59 heavy (non-hydrogen) atoms. The fraction of sp³-hybridized carbons (Fsp3) is 0.277. The molecule has 0 spiro atoms. The summed E-state index contributed by atoms with van der Waals surface area (Å²) in [6.07, 6.45) is 2.85. The van der Waals surface area contributed by atoms with Crippen LogP contribution in [0.25, 0.3) is 39.0 Å². The lowest BCUT2D eigenvalue weighted by Crippen LogP contribution is -2.43. The van der Waals surface area contributed by atoms with Crippen molar-refractivity contribution in [1.29, 1.82) is 0 Å². The van der Waals surface area contributed by atoms with Crippen LogP contribution in [0.2, 0.25) is 10.0 Å². The van der Waals surface area contributed by atoms with Gasteiger partial charge in [-0.25, -0.2) is 4.79 Å². The molecule has 302 valence electrons. The Hall–Kier alpha value is -5.84. The Labute approximate surface area is 353 Å². The first-order valence-electron chi connectivity index (χ1n) is 19.7. The van der Waals surface area contributed by atoms with E-state index in [1.54, 1.807) is 16.7 Å². The number of amides is 1. The lowest BCUT2D eigenvalue weighted by Gasteiger charge is -2.35. The average Bonchev–Trinajstić information content (AvgIpc) is 3.81. The van der Waals surface area contributed by atoms with Crippen molar-refractivity contribution in [3.8, 4) is 16.9 Å². The van der Waals surface area contributed by atoms with Crippen LogP contribution >= 0.6 is 23.2 Å². The quantitative estimate of drug-likeness (QED) is 0.130. The molecule has 0 saturated carbocycles. The number of rotatable bonds is 11. The van der Waals surface area contributed by atoms with Crippen molar-refractivity contribution < 1.29 is 19.4 Å². The van der Waals surface area contributed by atoms with Crippen LogP contribution in [-0.2, 0) is 20.0 Å². The number of aromatic nitrogens is 5. The molecule has 1 amide bonds. The van der Waals surface area contributed by atoms with E-state index in [2.05, 4.69) is 18.1 Å². The van der Waals surface area contributed by atoms with Crippen LogP contribution in [-0.4, -0.2) is 54.0 Å². The highest BCUT2D eigenvalue weighted by Crippen LogP contribution is 2.46. The standard InChI is InChI=1S/C47H46Cl2N6O4/c1-9-32-12-10-13-33(50-32)24-53-39(47(57)58)22-31-18-25(2)19-38(43(31)53)54-23-28(5)55-44-36(15-16-37(48)41(44)40-29(6)51-52(8)30(40)7)35(45(55)46(54)56)14-11-17-59-34-20-26(3)42(49)27(4)21-34/h9-10,12-13,15-16,18-22,28H,1,11,14,17,23-24H2,2-8H3,(H,57,58). The molecule has 4 aromatic heterocycles. The molecule has 0 aliphatic carbocycles. The molecule has 1 atom stereocenters. The molecule has 8 rings (SSSR count). The number of carbonyl (C=O) groups excluding carboxylic acids is 1. The van der Waals surface area contributed by atoms with Gasteiger partial charge in [-0.1, -0.05) is 41.9 Å². The minimum absolute atomic E-state index is 0.109. The molecule has 0 fully saturated rings. The summed E-state index contributed by atoms with van der Waals surface area (Å²) in [6.45, 7) is 16.8. The number of fused-ring (bicyclic) bond motifs is 4. The minimum atomic E-state index is -1.07. The number of aromatic carboxylic acids is 1. The van der Waals surface area contributed by atoms with Gasteiger partial charge in [0.1, 0.15) is 17.1 Å². The molecule has 10 nitrogen and oxygen atoms in total. The zero-order valence-electron chi connectivity index (χ0n) is 34.3. The van der Waals surface area contributed by atoms with Gasteiger partial charge in [0, 0.05) is 52.3 Å². The first kappa shape index (κ1) is 40.0. The number of carbonyl (C=O) groups is 2. The van der Waals surface area contributed by atoms with Crippen LogP contribution in [0.5, 0.6) is 5.75 Å². The number of halogens is 2. The molecule has 5 heterocycles. The van der Waals surface area contributed by atoms with Gasteiger partial charge in [0.25, 0.3) is 5.91 Å². The molecule has 1 aliphatic heterocycles. The number of hydrogen-bond donors (Lipinski definition) is 1. The molecule has 1 unspecified atom stereocenters. The molecular formula is C47H46Cl2N6O4. The number of benzene rings is 3. The molecule has 0 bridgehead atoms. The Kier molecular flexibility index (Phi) is 10.4. The van der Waals surface area contributed by atoms with Crippen molar-refractivity contribution >= 4 is 68.6 Å². The van der Waals surface area contributed by atoms with Crippen LogP contribution in [0, 0.1) is 34.6 Å². The third-order valence-electron chi connectivity index (χ3n) is 11.5. The lowest BCUT2D eigenvalue weighted by molar-refractivity contribution is 0.0686. The Morgan fingerprint density at radius 1 is 1.00 bits per heavy atom. The normalized spacial score (nSPS) is 14.1. The lowest BCUT2D eigenvalue weighted by atomic mass is 9.98. The summed E-state index contributed by atoms with van der Waals surface area (Å²) < 4.78 is 12.1. The fourth-order valence-electron chi connectivity index (χ4n) is 8.88. The second-order valence-corrected chi connectivity index (χ2v) is 16.5. The maximum absolute atomic E-state index is 15.5. The highest BCUT2D eigenvalue weighted by atomic mass is 35.5. The number of carboxylic acids is 1. The van der Waals surface area contributed by atoms with E-state index < -0.39 is 5.97 Å². The number of aryl methyl sites for hydroxylation is 6. The van der Waals surface area contributed by atoms with Crippen molar-refractivity contribution in [2.45, 2.75) is 67.0 Å². The number of hydrogen-bond acceptors (Lipinski definition) is 5. The highest BCUT2D eigenvalue weighted by Gasteiger charge is 2.38. The van der Waals surface area contributed by atoms with Crippen LogP contribution in [0.3, 0.4) is 0 Å².